The molecule has 0 aliphatic heterocycles. The van der Waals surface area contributed by atoms with E-state index in [2.05, 4.69) is 9.97 Å². The Balaban J connectivity index is 1.96. The Labute approximate surface area is 197 Å². The largest absolute Gasteiger partial charge is 0.487 e. The lowest BCUT2D eigenvalue weighted by atomic mass is 10.1. The third-order valence-electron chi connectivity index (χ3n) is 5.25. The molecule has 182 valence electrons. The molecule has 0 aliphatic carbocycles. The zero-order chi connectivity index (χ0) is 24.7. The van der Waals surface area contributed by atoms with E-state index in [4.69, 9.17) is 14.5 Å². The maximum Gasteiger partial charge on any atom is 0.332 e. The van der Waals surface area contributed by atoms with E-state index in [9.17, 15) is 14.4 Å². The molecule has 3 heterocycles. The molecule has 0 aromatic carbocycles. The summed E-state index contributed by atoms with van der Waals surface area (Å²) in [6, 6.07) is 3.49. The Morgan fingerprint density at radius 1 is 1.06 bits per heavy atom. The number of rotatable bonds is 11. The molecule has 0 spiro atoms. The molecule has 0 amide bonds. The maximum absolute atomic E-state index is 12.9. The predicted octanol–water partition coefficient (Wildman–Crippen LogP) is 2.40. The Kier molecular flexibility index (Phi) is 8.50. The molecule has 10 nitrogen and oxygen atoms in total. The van der Waals surface area contributed by atoms with Gasteiger partial charge in [-0.2, -0.15) is 0 Å². The zero-order valence-electron chi connectivity index (χ0n) is 20.1. The highest BCUT2D eigenvalue weighted by Crippen LogP contribution is 2.17. The average molecular weight is 470 g/mol. The van der Waals surface area contributed by atoms with E-state index < -0.39 is 11.2 Å². The number of aromatic nitrogens is 5. The van der Waals surface area contributed by atoms with Gasteiger partial charge in [-0.3, -0.25) is 23.7 Å². The van der Waals surface area contributed by atoms with Crippen LogP contribution in [0.3, 0.4) is 0 Å². The van der Waals surface area contributed by atoms with E-state index in [1.54, 1.807) is 24.5 Å². The second kappa shape index (κ2) is 11.5. The van der Waals surface area contributed by atoms with Crippen LogP contribution in [0.25, 0.3) is 11.2 Å². The topological polar surface area (TPSA) is 118 Å². The highest BCUT2D eigenvalue weighted by Gasteiger charge is 2.18. The number of pyridine rings is 1. The molecule has 0 atom stereocenters. The average Bonchev–Trinajstić information content (AvgIpc) is 2.81. The summed E-state index contributed by atoms with van der Waals surface area (Å²) in [4.78, 5) is 50.0. The van der Waals surface area contributed by atoms with Crippen LogP contribution in [0.15, 0.2) is 34.1 Å². The molecule has 10 heteroatoms. The summed E-state index contributed by atoms with van der Waals surface area (Å²) < 4.78 is 13.5. The first kappa shape index (κ1) is 25.1. The smallest absolute Gasteiger partial charge is 0.332 e. The van der Waals surface area contributed by atoms with Gasteiger partial charge in [0.15, 0.2) is 11.2 Å². The number of hydrogen-bond donors (Lipinski definition) is 0. The van der Waals surface area contributed by atoms with Gasteiger partial charge in [-0.05, 0) is 43.7 Å². The number of esters is 1. The third kappa shape index (κ3) is 6.27. The number of fused-ring (bicyclic) bond motifs is 1. The monoisotopic (exact) mass is 469 g/mol. The molecule has 3 aromatic rings. The molecule has 0 radical (unpaired) electrons. The van der Waals surface area contributed by atoms with Gasteiger partial charge in [0.25, 0.3) is 5.56 Å². The van der Waals surface area contributed by atoms with Crippen LogP contribution in [-0.2, 0) is 36.2 Å². The number of carbonyl (C=O) groups is 1. The molecule has 0 saturated heterocycles. The van der Waals surface area contributed by atoms with Gasteiger partial charge < -0.3 is 9.47 Å². The minimum absolute atomic E-state index is 0.140. The highest BCUT2D eigenvalue weighted by molar-refractivity contribution is 5.69. The van der Waals surface area contributed by atoms with Crippen molar-refractivity contribution in [2.24, 2.45) is 13.0 Å². The van der Waals surface area contributed by atoms with Crippen LogP contribution in [0.5, 0.6) is 5.75 Å². The molecule has 0 bridgehead atoms. The van der Waals surface area contributed by atoms with Gasteiger partial charge in [-0.1, -0.05) is 13.8 Å². The van der Waals surface area contributed by atoms with Crippen molar-refractivity contribution in [2.75, 3.05) is 6.61 Å². The normalized spacial score (nSPS) is 11.2. The minimum Gasteiger partial charge on any atom is -0.487 e. The lowest BCUT2D eigenvalue weighted by molar-refractivity contribution is -0.141. The number of unbranched alkanes of at least 4 members (excludes halogenated alkanes) is 2. The molecule has 0 fully saturated rings. The SMILES string of the molecule is CC(=O)OCCCCCc1nc2c(=O)n(C)c(=O)n(CC(C)C)c2nc1COc1ccncc1. The van der Waals surface area contributed by atoms with E-state index in [0.29, 0.717) is 36.7 Å². The number of carbonyl (C=O) groups excluding carboxylic acids is 1. The minimum atomic E-state index is -0.467. The molecule has 0 unspecified atom stereocenters. The van der Waals surface area contributed by atoms with Gasteiger partial charge in [0.2, 0.25) is 0 Å². The van der Waals surface area contributed by atoms with Crippen molar-refractivity contribution >= 4 is 17.1 Å². The first-order valence-corrected chi connectivity index (χ1v) is 11.4. The Hall–Kier alpha value is -3.56. The van der Waals surface area contributed by atoms with E-state index in [1.807, 2.05) is 13.8 Å². The van der Waals surface area contributed by atoms with Crippen LogP contribution >= 0.6 is 0 Å². The van der Waals surface area contributed by atoms with Crippen molar-refractivity contribution in [3.8, 4) is 5.75 Å². The number of ether oxygens (including phenoxy) is 2. The summed E-state index contributed by atoms with van der Waals surface area (Å²) in [6.45, 7) is 6.31. The van der Waals surface area contributed by atoms with Crippen molar-refractivity contribution in [3.05, 3.63) is 56.8 Å². The molecular formula is C24H31N5O5. The lowest BCUT2D eigenvalue weighted by Gasteiger charge is -2.16. The Bertz CT molecular complexity index is 1250. The summed E-state index contributed by atoms with van der Waals surface area (Å²) in [5.41, 5.74) is 0.791. The fraction of sp³-hybridized carbons (Fsp3) is 0.500. The van der Waals surface area contributed by atoms with Crippen LogP contribution in [0.4, 0.5) is 0 Å². The number of hydrogen-bond acceptors (Lipinski definition) is 8. The highest BCUT2D eigenvalue weighted by atomic mass is 16.5. The predicted molar refractivity (Wildman–Crippen MR) is 127 cm³/mol. The lowest BCUT2D eigenvalue weighted by Crippen LogP contribution is -2.40. The van der Waals surface area contributed by atoms with E-state index in [1.165, 1.54) is 18.5 Å². The molecule has 34 heavy (non-hydrogen) atoms. The summed E-state index contributed by atoms with van der Waals surface area (Å²) >= 11 is 0. The fourth-order valence-electron chi connectivity index (χ4n) is 3.56. The van der Waals surface area contributed by atoms with Crippen molar-refractivity contribution in [1.29, 1.82) is 0 Å². The summed E-state index contributed by atoms with van der Waals surface area (Å²) in [5.74, 6) is 0.514. The summed E-state index contributed by atoms with van der Waals surface area (Å²) in [5, 5.41) is 0. The van der Waals surface area contributed by atoms with Crippen molar-refractivity contribution in [1.82, 2.24) is 24.1 Å². The molecule has 0 saturated carbocycles. The van der Waals surface area contributed by atoms with Gasteiger partial charge in [0, 0.05) is 32.9 Å². The first-order chi connectivity index (χ1) is 16.3. The Morgan fingerprint density at radius 3 is 2.47 bits per heavy atom. The van der Waals surface area contributed by atoms with Gasteiger partial charge >= 0.3 is 11.7 Å². The van der Waals surface area contributed by atoms with Crippen LogP contribution in [-0.4, -0.2) is 36.7 Å². The van der Waals surface area contributed by atoms with Crippen molar-refractivity contribution in [2.45, 2.75) is 59.6 Å². The van der Waals surface area contributed by atoms with Crippen molar-refractivity contribution < 1.29 is 14.3 Å². The number of nitrogens with zero attached hydrogens (tertiary/aromatic N) is 5. The summed E-state index contributed by atoms with van der Waals surface area (Å²) in [6.07, 6.45) is 6.17. The number of aryl methyl sites for hydroxylation is 1. The molecule has 3 rings (SSSR count). The van der Waals surface area contributed by atoms with Crippen molar-refractivity contribution in [3.63, 3.8) is 0 Å². The Morgan fingerprint density at radius 2 is 1.79 bits per heavy atom. The van der Waals surface area contributed by atoms with Crippen LogP contribution < -0.4 is 16.0 Å². The van der Waals surface area contributed by atoms with Gasteiger partial charge in [-0.15, -0.1) is 0 Å². The van der Waals surface area contributed by atoms with E-state index in [0.717, 1.165) is 23.8 Å². The second-order valence-corrected chi connectivity index (χ2v) is 8.56. The van der Waals surface area contributed by atoms with Crippen LogP contribution in [0.1, 0.15) is 51.4 Å². The quantitative estimate of drug-likeness (QED) is 0.310. The fourth-order valence-corrected chi connectivity index (χ4v) is 3.56. The molecule has 3 aromatic heterocycles. The summed E-state index contributed by atoms with van der Waals surface area (Å²) in [7, 11) is 1.46. The maximum atomic E-state index is 12.9. The van der Waals surface area contributed by atoms with Crippen LogP contribution in [0, 0.1) is 5.92 Å². The zero-order valence-corrected chi connectivity index (χ0v) is 20.1. The van der Waals surface area contributed by atoms with Gasteiger partial charge in [0.05, 0.1) is 12.3 Å². The third-order valence-corrected chi connectivity index (χ3v) is 5.25. The first-order valence-electron chi connectivity index (χ1n) is 11.4. The standard InChI is InChI=1S/C24H31N5O5/c1-16(2)14-29-22-21(23(31)28(4)24(29)32)26-19(8-6-5-7-13-33-17(3)30)20(27-22)15-34-18-9-11-25-12-10-18/h9-12,16H,5-8,13-15H2,1-4H3. The molecule has 0 N–H and O–H groups in total. The van der Waals surface area contributed by atoms with E-state index in [-0.39, 0.29) is 29.7 Å². The molecule has 0 aliphatic rings. The van der Waals surface area contributed by atoms with E-state index >= 15 is 0 Å². The van der Waals surface area contributed by atoms with Crippen LogP contribution in [0.2, 0.25) is 0 Å². The van der Waals surface area contributed by atoms with Gasteiger partial charge in [0.1, 0.15) is 18.1 Å². The van der Waals surface area contributed by atoms with Gasteiger partial charge in [-0.25, -0.2) is 14.8 Å². The molecular weight excluding hydrogens is 438 g/mol. The second-order valence-electron chi connectivity index (χ2n) is 8.56.